The first-order valence-electron chi connectivity index (χ1n) is 8.53. The molecular weight excluding hydrogens is 370 g/mol. The first-order chi connectivity index (χ1) is 12.6. The molecule has 1 saturated heterocycles. The number of nitrogens with one attached hydrogen (secondary N) is 1. The molecule has 0 atom stereocenters. The van der Waals surface area contributed by atoms with Crippen LogP contribution in [0.3, 0.4) is 0 Å². The Bertz CT molecular complexity index is 942. The predicted molar refractivity (Wildman–Crippen MR) is 103 cm³/mol. The van der Waals surface area contributed by atoms with Crippen LogP contribution in [0.4, 0.5) is 5.82 Å². The maximum absolute atomic E-state index is 11.2. The van der Waals surface area contributed by atoms with Crippen LogP contribution in [0.15, 0.2) is 18.5 Å². The van der Waals surface area contributed by atoms with Gasteiger partial charge in [0, 0.05) is 37.0 Å². The summed E-state index contributed by atoms with van der Waals surface area (Å²) in [5, 5.41) is 5.93. The minimum atomic E-state index is -3.69. The molecule has 0 bridgehead atoms. The van der Waals surface area contributed by atoms with E-state index < -0.39 is 10.2 Å². The largest absolute Gasteiger partial charge is 0.493 e. The topological polar surface area (TPSA) is 120 Å². The second-order valence-electron chi connectivity index (χ2n) is 7.38. The fourth-order valence-corrected chi connectivity index (χ4v) is 3.77. The number of ether oxygens (including phenoxy) is 2. The molecule has 0 saturated carbocycles. The number of nitrogens with zero attached hydrogens (tertiary/aromatic N) is 3. The predicted octanol–water partition coefficient (Wildman–Crippen LogP) is 0.903. The molecule has 0 amide bonds. The van der Waals surface area contributed by atoms with Crippen molar-refractivity contribution in [2.75, 3.05) is 38.8 Å². The Balaban J connectivity index is 1.80. The maximum Gasteiger partial charge on any atom is 0.274 e. The Morgan fingerprint density at radius 2 is 1.85 bits per heavy atom. The van der Waals surface area contributed by atoms with Gasteiger partial charge >= 0.3 is 0 Å². The molecule has 0 aliphatic carbocycles. The van der Waals surface area contributed by atoms with Crippen LogP contribution in [-0.4, -0.2) is 52.2 Å². The van der Waals surface area contributed by atoms with Crippen molar-refractivity contribution in [3.05, 3.63) is 18.5 Å². The number of aromatic nitrogens is 2. The van der Waals surface area contributed by atoms with Crippen molar-refractivity contribution < 1.29 is 17.9 Å². The van der Waals surface area contributed by atoms with E-state index in [9.17, 15) is 8.42 Å². The number of nitrogens with two attached hydrogens (primary N) is 1. The first kappa shape index (κ1) is 19.6. The van der Waals surface area contributed by atoms with E-state index in [1.165, 1.54) is 6.33 Å². The van der Waals surface area contributed by atoms with E-state index in [2.05, 4.69) is 19.6 Å². The van der Waals surface area contributed by atoms with Crippen molar-refractivity contribution in [1.29, 1.82) is 0 Å². The average molecular weight is 395 g/mol. The molecule has 1 aromatic carbocycles. The molecule has 0 radical (unpaired) electrons. The van der Waals surface area contributed by atoms with Crippen LogP contribution in [-0.2, 0) is 10.2 Å². The standard InChI is InChI=1S/C17H25N5O4S/c1-17(2,9-21-27(18,23)24)11-7-22(8-11)16-12-5-14(25-3)15(26-4)6-13(12)19-10-20-16/h5-6,10-11,21H,7-9H2,1-4H3,(H2,18,23,24). The molecule has 3 N–H and O–H groups in total. The zero-order valence-corrected chi connectivity index (χ0v) is 16.7. The number of anilines is 1. The molecule has 1 aromatic heterocycles. The van der Waals surface area contributed by atoms with Crippen LogP contribution in [0.1, 0.15) is 13.8 Å². The summed E-state index contributed by atoms with van der Waals surface area (Å²) in [4.78, 5) is 10.9. The zero-order chi connectivity index (χ0) is 19.8. The second kappa shape index (κ2) is 7.10. The van der Waals surface area contributed by atoms with Gasteiger partial charge < -0.3 is 14.4 Å². The first-order valence-corrected chi connectivity index (χ1v) is 10.1. The number of hydrogen-bond acceptors (Lipinski definition) is 7. The molecule has 0 unspecified atom stereocenters. The summed E-state index contributed by atoms with van der Waals surface area (Å²) in [6.45, 7) is 5.87. The minimum absolute atomic E-state index is 0.229. The van der Waals surface area contributed by atoms with Crippen molar-refractivity contribution in [2.45, 2.75) is 13.8 Å². The fourth-order valence-electron chi connectivity index (χ4n) is 3.20. The Hall–Kier alpha value is -2.17. The highest BCUT2D eigenvalue weighted by molar-refractivity contribution is 7.87. The smallest absolute Gasteiger partial charge is 0.274 e. The third-order valence-electron chi connectivity index (χ3n) is 5.13. The Kier molecular flexibility index (Phi) is 5.15. The SMILES string of the molecule is COc1cc2ncnc(N3CC(C(C)(C)CNS(N)(=O)=O)C3)c2cc1OC. The molecular formula is C17H25N5O4S. The lowest BCUT2D eigenvalue weighted by atomic mass is 9.74. The van der Waals surface area contributed by atoms with Gasteiger partial charge in [-0.3, -0.25) is 0 Å². The highest BCUT2D eigenvalue weighted by Gasteiger charge is 2.40. The van der Waals surface area contributed by atoms with Crippen LogP contribution < -0.4 is 24.2 Å². The van der Waals surface area contributed by atoms with Gasteiger partial charge in [-0.1, -0.05) is 13.8 Å². The van der Waals surface area contributed by atoms with Crippen molar-refractivity contribution in [3.8, 4) is 11.5 Å². The van der Waals surface area contributed by atoms with Crippen LogP contribution in [0.25, 0.3) is 10.9 Å². The lowest BCUT2D eigenvalue weighted by molar-refractivity contribution is 0.175. The normalized spacial score (nSPS) is 15.7. The van der Waals surface area contributed by atoms with Crippen molar-refractivity contribution in [3.63, 3.8) is 0 Å². The van der Waals surface area contributed by atoms with Gasteiger partial charge in [0.1, 0.15) is 12.1 Å². The van der Waals surface area contributed by atoms with Crippen molar-refractivity contribution >= 4 is 26.9 Å². The summed E-state index contributed by atoms with van der Waals surface area (Å²) in [6.07, 6.45) is 1.53. The van der Waals surface area contributed by atoms with E-state index in [4.69, 9.17) is 14.6 Å². The van der Waals surface area contributed by atoms with E-state index in [0.717, 1.165) is 29.8 Å². The fraction of sp³-hybridized carbons (Fsp3) is 0.529. The summed E-state index contributed by atoms with van der Waals surface area (Å²) >= 11 is 0. The quantitative estimate of drug-likeness (QED) is 0.715. The third-order valence-corrected chi connectivity index (χ3v) is 5.68. The molecule has 27 heavy (non-hydrogen) atoms. The molecule has 148 valence electrons. The highest BCUT2D eigenvalue weighted by Crippen LogP contribution is 2.40. The maximum atomic E-state index is 11.2. The summed E-state index contributed by atoms with van der Waals surface area (Å²) in [5.41, 5.74) is 0.545. The molecule has 2 aromatic rings. The van der Waals surface area contributed by atoms with Gasteiger partial charge in [-0.05, 0) is 11.5 Å². The summed E-state index contributed by atoms with van der Waals surface area (Å²) in [5.74, 6) is 2.37. The van der Waals surface area contributed by atoms with Gasteiger partial charge in [0.25, 0.3) is 10.2 Å². The van der Waals surface area contributed by atoms with E-state index in [1.807, 2.05) is 26.0 Å². The van der Waals surface area contributed by atoms with Crippen LogP contribution >= 0.6 is 0 Å². The summed E-state index contributed by atoms with van der Waals surface area (Å²) < 4.78 is 35.5. The van der Waals surface area contributed by atoms with Gasteiger partial charge in [-0.25, -0.2) is 19.8 Å². The molecule has 3 rings (SSSR count). The molecule has 9 nitrogen and oxygen atoms in total. The number of methoxy groups -OCH3 is 2. The highest BCUT2D eigenvalue weighted by atomic mass is 32.2. The molecule has 1 fully saturated rings. The third kappa shape index (κ3) is 4.07. The molecule has 0 spiro atoms. The monoisotopic (exact) mass is 395 g/mol. The van der Waals surface area contributed by atoms with Crippen molar-refractivity contribution in [1.82, 2.24) is 14.7 Å². The van der Waals surface area contributed by atoms with E-state index >= 15 is 0 Å². The van der Waals surface area contributed by atoms with Gasteiger partial charge in [-0.15, -0.1) is 0 Å². The summed E-state index contributed by atoms with van der Waals surface area (Å²) in [6, 6.07) is 3.71. The van der Waals surface area contributed by atoms with E-state index in [0.29, 0.717) is 24.0 Å². The van der Waals surface area contributed by atoms with E-state index in [1.54, 1.807) is 14.2 Å². The Labute approximate surface area is 159 Å². The van der Waals surface area contributed by atoms with Gasteiger partial charge in [0.15, 0.2) is 11.5 Å². The number of fused-ring (bicyclic) bond motifs is 1. The molecule has 1 aliphatic heterocycles. The number of benzene rings is 1. The average Bonchev–Trinajstić information content (AvgIpc) is 2.57. The van der Waals surface area contributed by atoms with Gasteiger partial charge in [0.05, 0.1) is 19.7 Å². The second-order valence-corrected chi connectivity index (χ2v) is 8.76. The molecule has 1 aliphatic rings. The van der Waals surface area contributed by atoms with Gasteiger partial charge in [0.2, 0.25) is 0 Å². The lowest BCUT2D eigenvalue weighted by Gasteiger charge is -2.48. The number of hydrogen-bond donors (Lipinski definition) is 2. The Morgan fingerprint density at radius 1 is 1.22 bits per heavy atom. The van der Waals surface area contributed by atoms with Crippen molar-refractivity contribution in [2.24, 2.45) is 16.5 Å². The van der Waals surface area contributed by atoms with Crippen LogP contribution in [0.5, 0.6) is 11.5 Å². The Morgan fingerprint density at radius 3 is 2.44 bits per heavy atom. The van der Waals surface area contributed by atoms with Crippen LogP contribution in [0.2, 0.25) is 0 Å². The van der Waals surface area contributed by atoms with Gasteiger partial charge in [-0.2, -0.15) is 8.42 Å². The minimum Gasteiger partial charge on any atom is -0.493 e. The molecule has 10 heteroatoms. The van der Waals surface area contributed by atoms with E-state index in [-0.39, 0.29) is 5.41 Å². The molecule has 2 heterocycles. The summed E-state index contributed by atoms with van der Waals surface area (Å²) in [7, 11) is -0.516. The lowest BCUT2D eigenvalue weighted by Crippen LogP contribution is -2.56. The van der Waals surface area contributed by atoms with Crippen LogP contribution in [0, 0.1) is 11.3 Å². The number of rotatable bonds is 7. The zero-order valence-electron chi connectivity index (χ0n) is 15.9.